The van der Waals surface area contributed by atoms with Crippen LogP contribution in [0.5, 0.6) is 5.75 Å². The number of nitrogens with zero attached hydrogens (tertiary/aromatic N) is 1. The molecule has 0 saturated carbocycles. The Hall–Kier alpha value is -1.87. The van der Waals surface area contributed by atoms with Gasteiger partial charge in [0.1, 0.15) is 23.8 Å². The Morgan fingerprint density at radius 1 is 1.36 bits per heavy atom. The number of hydrogen-bond acceptors (Lipinski definition) is 4. The highest BCUT2D eigenvalue weighted by atomic mass is 19.4. The molecule has 120 valence electrons. The molecule has 0 aromatic heterocycles. The Labute approximate surface area is 122 Å². The van der Waals surface area contributed by atoms with Gasteiger partial charge in [0.05, 0.1) is 18.8 Å². The molecular weight excluding hydrogens is 308 g/mol. The first-order valence-corrected chi connectivity index (χ1v) is 6.55. The summed E-state index contributed by atoms with van der Waals surface area (Å²) in [4.78, 5) is 13.5. The molecule has 1 amide bonds. The normalized spacial score (nSPS) is 25.7. The summed E-state index contributed by atoms with van der Waals surface area (Å²) in [6.45, 7) is 0.728. The van der Waals surface area contributed by atoms with Crippen molar-refractivity contribution in [2.45, 2.75) is 18.6 Å². The zero-order chi connectivity index (χ0) is 15.9. The summed E-state index contributed by atoms with van der Waals surface area (Å²) in [6, 6.07) is 2.52. The third-order valence-electron chi connectivity index (χ3n) is 3.60. The number of halogens is 4. The van der Waals surface area contributed by atoms with Gasteiger partial charge in [0.25, 0.3) is 0 Å². The van der Waals surface area contributed by atoms with Crippen LogP contribution in [-0.4, -0.2) is 43.0 Å². The van der Waals surface area contributed by atoms with Crippen LogP contribution >= 0.6 is 0 Å². The number of carbonyl (C=O) groups excluding carboxylic acids is 1. The molecule has 5 nitrogen and oxygen atoms in total. The number of amides is 1. The third kappa shape index (κ3) is 2.73. The molecule has 22 heavy (non-hydrogen) atoms. The zero-order valence-electron chi connectivity index (χ0n) is 11.2. The van der Waals surface area contributed by atoms with Gasteiger partial charge < -0.3 is 14.8 Å². The molecule has 0 aliphatic carbocycles. The molecule has 0 radical (unpaired) electrons. The fourth-order valence-electron chi connectivity index (χ4n) is 2.70. The smallest absolute Gasteiger partial charge is 0.405 e. The average molecular weight is 320 g/mol. The second-order valence-corrected chi connectivity index (χ2v) is 4.94. The number of ether oxygens (including phenoxy) is 2. The van der Waals surface area contributed by atoms with E-state index >= 15 is 0 Å². The Balaban J connectivity index is 1.99. The van der Waals surface area contributed by atoms with Crippen molar-refractivity contribution in [3.8, 4) is 5.75 Å². The second-order valence-electron chi connectivity index (χ2n) is 4.94. The lowest BCUT2D eigenvalue weighted by atomic mass is 10.1. The lowest BCUT2D eigenvalue weighted by Gasteiger charge is -2.32. The van der Waals surface area contributed by atoms with E-state index in [2.05, 4.69) is 10.1 Å². The Kier molecular flexibility index (Phi) is 3.69. The Morgan fingerprint density at radius 2 is 2.14 bits per heavy atom. The first-order valence-electron chi connectivity index (χ1n) is 6.55. The van der Waals surface area contributed by atoms with Crippen molar-refractivity contribution in [3.05, 3.63) is 29.6 Å². The van der Waals surface area contributed by atoms with E-state index in [9.17, 15) is 22.4 Å². The van der Waals surface area contributed by atoms with Gasteiger partial charge in [0, 0.05) is 6.54 Å². The van der Waals surface area contributed by atoms with Gasteiger partial charge in [0.15, 0.2) is 0 Å². The van der Waals surface area contributed by atoms with E-state index < -0.39 is 36.0 Å². The maximum absolute atomic E-state index is 14.1. The summed E-state index contributed by atoms with van der Waals surface area (Å²) in [5.74, 6) is -1.95. The van der Waals surface area contributed by atoms with Crippen LogP contribution in [0.4, 0.5) is 17.6 Å². The van der Waals surface area contributed by atoms with Crippen LogP contribution in [0.3, 0.4) is 0 Å². The fraction of sp³-hybridized carbons (Fsp3) is 0.462. The topological polar surface area (TPSA) is 50.8 Å². The van der Waals surface area contributed by atoms with E-state index in [1.54, 1.807) is 4.90 Å². The van der Waals surface area contributed by atoms with Crippen LogP contribution in [0, 0.1) is 5.82 Å². The van der Waals surface area contributed by atoms with Crippen LogP contribution in [0.25, 0.3) is 0 Å². The standard InChI is InChI=1S/C13H12F4N2O3/c14-7-2-1-3-9(22-13(15,16)17)10(7)11-18-12(20)8-6-21-5-4-19(8)11/h1-3,8,11H,4-6H2,(H,18,20)/t8-,11+/m0/s1. The molecule has 2 heterocycles. The minimum atomic E-state index is -4.95. The lowest BCUT2D eigenvalue weighted by Crippen LogP contribution is -2.44. The van der Waals surface area contributed by atoms with Crippen LogP contribution in [0.1, 0.15) is 11.7 Å². The van der Waals surface area contributed by atoms with Crippen LogP contribution in [0.15, 0.2) is 18.2 Å². The van der Waals surface area contributed by atoms with Crippen molar-refractivity contribution in [3.63, 3.8) is 0 Å². The van der Waals surface area contributed by atoms with Gasteiger partial charge in [0.2, 0.25) is 5.91 Å². The van der Waals surface area contributed by atoms with Crippen molar-refractivity contribution in [1.29, 1.82) is 0 Å². The number of carbonyl (C=O) groups is 1. The fourth-order valence-corrected chi connectivity index (χ4v) is 2.70. The van der Waals surface area contributed by atoms with Gasteiger partial charge in [-0.2, -0.15) is 0 Å². The second kappa shape index (κ2) is 5.40. The number of alkyl halides is 3. The molecule has 0 bridgehead atoms. The molecule has 2 aliphatic heterocycles. The van der Waals surface area contributed by atoms with Crippen molar-refractivity contribution in [2.24, 2.45) is 0 Å². The van der Waals surface area contributed by atoms with Gasteiger partial charge in [-0.25, -0.2) is 4.39 Å². The molecule has 1 N–H and O–H groups in total. The first kappa shape index (κ1) is 15.0. The van der Waals surface area contributed by atoms with Gasteiger partial charge in [-0.05, 0) is 12.1 Å². The van der Waals surface area contributed by atoms with Crippen LogP contribution in [0.2, 0.25) is 0 Å². The SMILES string of the molecule is O=C1N[C@@H](c2c(F)cccc2OC(F)(F)F)N2CCOC[C@@H]12. The summed E-state index contributed by atoms with van der Waals surface area (Å²) >= 11 is 0. The predicted molar refractivity (Wildman–Crippen MR) is 65.3 cm³/mol. The highest BCUT2D eigenvalue weighted by Gasteiger charge is 2.45. The molecule has 3 rings (SSSR count). The third-order valence-corrected chi connectivity index (χ3v) is 3.60. The number of morpholine rings is 1. The summed E-state index contributed by atoms with van der Waals surface area (Å²) < 4.78 is 60.6. The molecule has 0 spiro atoms. The molecule has 1 aromatic rings. The number of hydrogen-bond donors (Lipinski definition) is 1. The minimum Gasteiger partial charge on any atom is -0.405 e. The molecular formula is C13H12F4N2O3. The maximum atomic E-state index is 14.1. The summed E-state index contributed by atoms with van der Waals surface area (Å²) in [5, 5.41) is 2.50. The molecule has 2 aliphatic rings. The Bertz CT molecular complexity index is 593. The largest absolute Gasteiger partial charge is 0.573 e. The van der Waals surface area contributed by atoms with Crippen molar-refractivity contribution < 1.29 is 31.8 Å². The van der Waals surface area contributed by atoms with Gasteiger partial charge in [-0.3, -0.25) is 9.69 Å². The lowest BCUT2D eigenvalue weighted by molar-refractivity contribution is -0.275. The first-order chi connectivity index (χ1) is 10.4. The van der Waals surface area contributed by atoms with E-state index in [4.69, 9.17) is 4.74 Å². The van der Waals surface area contributed by atoms with E-state index in [0.29, 0.717) is 13.2 Å². The highest BCUT2D eigenvalue weighted by molar-refractivity contribution is 5.84. The van der Waals surface area contributed by atoms with E-state index in [0.717, 1.165) is 18.2 Å². The maximum Gasteiger partial charge on any atom is 0.573 e. The molecule has 2 fully saturated rings. The van der Waals surface area contributed by atoms with Gasteiger partial charge in [-0.1, -0.05) is 6.07 Å². The van der Waals surface area contributed by atoms with Crippen LogP contribution < -0.4 is 10.1 Å². The van der Waals surface area contributed by atoms with E-state index in [1.165, 1.54) is 0 Å². The summed E-state index contributed by atoms with van der Waals surface area (Å²) in [7, 11) is 0. The number of fused-ring (bicyclic) bond motifs is 1. The summed E-state index contributed by atoms with van der Waals surface area (Å²) in [5.41, 5.74) is -0.336. The highest BCUT2D eigenvalue weighted by Crippen LogP contribution is 2.37. The summed E-state index contributed by atoms with van der Waals surface area (Å²) in [6.07, 6.45) is -5.96. The average Bonchev–Trinajstić information content (AvgIpc) is 2.75. The Morgan fingerprint density at radius 3 is 2.86 bits per heavy atom. The zero-order valence-corrected chi connectivity index (χ0v) is 11.2. The quantitative estimate of drug-likeness (QED) is 0.840. The molecule has 1 aromatic carbocycles. The monoisotopic (exact) mass is 320 g/mol. The van der Waals surface area contributed by atoms with Crippen LogP contribution in [-0.2, 0) is 9.53 Å². The number of benzene rings is 1. The van der Waals surface area contributed by atoms with Crippen molar-refractivity contribution in [2.75, 3.05) is 19.8 Å². The molecule has 2 saturated heterocycles. The molecule has 0 unspecified atom stereocenters. The van der Waals surface area contributed by atoms with Crippen molar-refractivity contribution in [1.82, 2.24) is 10.2 Å². The van der Waals surface area contributed by atoms with Gasteiger partial charge >= 0.3 is 6.36 Å². The number of rotatable bonds is 2. The predicted octanol–water partition coefficient (Wildman–Crippen LogP) is 1.55. The molecule has 9 heteroatoms. The van der Waals surface area contributed by atoms with E-state index in [-0.39, 0.29) is 12.2 Å². The minimum absolute atomic E-state index is 0.117. The van der Waals surface area contributed by atoms with Crippen molar-refractivity contribution >= 4 is 5.91 Å². The molecule has 2 atom stereocenters. The van der Waals surface area contributed by atoms with Gasteiger partial charge in [-0.15, -0.1) is 13.2 Å². The van der Waals surface area contributed by atoms with E-state index in [1.807, 2.05) is 0 Å². The number of nitrogens with one attached hydrogen (secondary N) is 1.